The van der Waals surface area contributed by atoms with Crippen LogP contribution in [0.4, 0.5) is 5.82 Å². The number of aromatic nitrogens is 4. The third-order valence-electron chi connectivity index (χ3n) is 4.58. The Morgan fingerprint density at radius 1 is 1.27 bits per heavy atom. The molecule has 0 fully saturated rings. The average Bonchev–Trinajstić information content (AvgIpc) is 3.05. The molecule has 7 nitrogen and oxygen atoms in total. The van der Waals surface area contributed by atoms with Crippen LogP contribution >= 0.6 is 0 Å². The monoisotopic (exact) mass is 359 g/mol. The molecule has 2 heterocycles. The number of aryl methyl sites for hydroxylation is 3. The molecule has 2 rings (SSSR count). The van der Waals surface area contributed by atoms with Crippen LogP contribution < -0.4 is 5.32 Å². The molecule has 0 aliphatic rings. The standard InChI is InChI=1S/C19H29N5O2/c1-7-8-9-23-19(12(2)11-20-23)21-17(26)10-13(3)24-15(5)18(16(6)25)14(4)22-24/h11,13H,7-10H2,1-6H3,(H,21,26)/t13-/m1/s1. The first-order chi connectivity index (χ1) is 12.3. The fourth-order valence-electron chi connectivity index (χ4n) is 3.26. The van der Waals surface area contributed by atoms with Gasteiger partial charge in [0.25, 0.3) is 0 Å². The summed E-state index contributed by atoms with van der Waals surface area (Å²) in [4.78, 5) is 24.3. The minimum absolute atomic E-state index is 0.00153. The number of unbranched alkanes of at least 4 members (excludes halogenated alkanes) is 1. The van der Waals surface area contributed by atoms with Gasteiger partial charge < -0.3 is 5.32 Å². The maximum atomic E-state index is 12.5. The quantitative estimate of drug-likeness (QED) is 0.730. The number of Topliss-reactive ketones (excluding diaryl/α,β-unsaturated/α-hetero) is 1. The molecule has 0 aromatic carbocycles. The number of ketones is 1. The second-order valence-corrected chi connectivity index (χ2v) is 6.90. The second-order valence-electron chi connectivity index (χ2n) is 6.90. The van der Waals surface area contributed by atoms with Gasteiger partial charge in [-0.25, -0.2) is 4.68 Å². The number of hydrogen-bond donors (Lipinski definition) is 1. The SMILES string of the molecule is CCCCn1ncc(C)c1NC(=O)C[C@@H](C)n1nc(C)c(C(C)=O)c1C. The van der Waals surface area contributed by atoms with Crippen LogP contribution in [0.1, 0.15) is 73.4 Å². The third-order valence-corrected chi connectivity index (χ3v) is 4.58. The van der Waals surface area contributed by atoms with Gasteiger partial charge in [-0.1, -0.05) is 13.3 Å². The number of hydrogen-bond acceptors (Lipinski definition) is 4. The maximum absolute atomic E-state index is 12.5. The molecular formula is C19H29N5O2. The van der Waals surface area contributed by atoms with E-state index >= 15 is 0 Å². The average molecular weight is 359 g/mol. The number of nitrogens with one attached hydrogen (secondary N) is 1. The number of carbonyl (C=O) groups is 2. The molecule has 26 heavy (non-hydrogen) atoms. The van der Waals surface area contributed by atoms with Gasteiger partial charge >= 0.3 is 0 Å². The molecule has 0 aliphatic carbocycles. The molecule has 2 aromatic heterocycles. The minimum Gasteiger partial charge on any atom is -0.311 e. The Morgan fingerprint density at radius 3 is 2.54 bits per heavy atom. The van der Waals surface area contributed by atoms with Gasteiger partial charge in [0, 0.05) is 24.2 Å². The maximum Gasteiger partial charge on any atom is 0.227 e. The molecule has 7 heteroatoms. The third kappa shape index (κ3) is 4.20. The van der Waals surface area contributed by atoms with E-state index in [1.807, 2.05) is 32.4 Å². The van der Waals surface area contributed by atoms with E-state index in [0.717, 1.165) is 36.5 Å². The molecule has 142 valence electrons. The van der Waals surface area contributed by atoms with Crippen molar-refractivity contribution < 1.29 is 9.59 Å². The van der Waals surface area contributed by atoms with E-state index in [2.05, 4.69) is 22.4 Å². The van der Waals surface area contributed by atoms with Gasteiger partial charge in [0.1, 0.15) is 5.82 Å². The van der Waals surface area contributed by atoms with Crippen molar-refractivity contribution in [2.75, 3.05) is 5.32 Å². The van der Waals surface area contributed by atoms with Crippen LogP contribution in [0.5, 0.6) is 0 Å². The summed E-state index contributed by atoms with van der Waals surface area (Å²) in [7, 11) is 0. The van der Waals surface area contributed by atoms with E-state index in [1.54, 1.807) is 17.8 Å². The highest BCUT2D eigenvalue weighted by Crippen LogP contribution is 2.21. The summed E-state index contributed by atoms with van der Waals surface area (Å²) in [6.07, 6.45) is 4.13. The molecule has 0 saturated carbocycles. The van der Waals surface area contributed by atoms with E-state index in [0.29, 0.717) is 11.3 Å². The van der Waals surface area contributed by atoms with Crippen molar-refractivity contribution in [2.45, 2.75) is 73.4 Å². The topological polar surface area (TPSA) is 81.8 Å². The van der Waals surface area contributed by atoms with E-state index < -0.39 is 0 Å². The summed E-state index contributed by atoms with van der Waals surface area (Å²) in [5, 5.41) is 11.8. The number of amides is 1. The fraction of sp³-hybridized carbons (Fsp3) is 0.579. The Labute approximate surface area is 154 Å². The Balaban J connectivity index is 2.10. The van der Waals surface area contributed by atoms with Crippen LogP contribution in [0.25, 0.3) is 0 Å². The number of anilines is 1. The van der Waals surface area contributed by atoms with Crippen LogP contribution in [-0.2, 0) is 11.3 Å². The molecule has 0 unspecified atom stereocenters. The van der Waals surface area contributed by atoms with Crippen LogP contribution in [0.3, 0.4) is 0 Å². The van der Waals surface area contributed by atoms with Crippen molar-refractivity contribution >= 4 is 17.5 Å². The fourth-order valence-corrected chi connectivity index (χ4v) is 3.26. The first-order valence-corrected chi connectivity index (χ1v) is 9.15. The van der Waals surface area contributed by atoms with Gasteiger partial charge in [0.05, 0.1) is 23.5 Å². The van der Waals surface area contributed by atoms with Crippen molar-refractivity contribution in [3.05, 3.63) is 28.7 Å². The summed E-state index contributed by atoms with van der Waals surface area (Å²) >= 11 is 0. The molecule has 1 atom stereocenters. The van der Waals surface area contributed by atoms with Gasteiger partial charge in [-0.15, -0.1) is 0 Å². The summed E-state index contributed by atoms with van der Waals surface area (Å²) in [5.74, 6) is 0.669. The number of nitrogens with zero attached hydrogens (tertiary/aromatic N) is 4. The van der Waals surface area contributed by atoms with Gasteiger partial charge in [0.15, 0.2) is 5.78 Å². The lowest BCUT2D eigenvalue weighted by Gasteiger charge is -2.15. The molecule has 0 saturated heterocycles. The van der Waals surface area contributed by atoms with Crippen LogP contribution in [-0.4, -0.2) is 31.3 Å². The highest BCUT2D eigenvalue weighted by Gasteiger charge is 2.21. The first kappa shape index (κ1) is 19.9. The van der Waals surface area contributed by atoms with E-state index in [1.165, 1.54) is 0 Å². The van der Waals surface area contributed by atoms with Crippen molar-refractivity contribution in [3.8, 4) is 0 Å². The highest BCUT2D eigenvalue weighted by molar-refractivity contribution is 5.96. The van der Waals surface area contributed by atoms with E-state index in [4.69, 9.17) is 0 Å². The van der Waals surface area contributed by atoms with Crippen molar-refractivity contribution in [1.29, 1.82) is 0 Å². The molecule has 0 spiro atoms. The van der Waals surface area contributed by atoms with Gasteiger partial charge in [-0.2, -0.15) is 10.2 Å². The summed E-state index contributed by atoms with van der Waals surface area (Å²) < 4.78 is 3.62. The van der Waals surface area contributed by atoms with Gasteiger partial charge in [0.2, 0.25) is 5.91 Å². The Hall–Kier alpha value is -2.44. The normalized spacial score (nSPS) is 12.2. The molecule has 0 radical (unpaired) electrons. The largest absolute Gasteiger partial charge is 0.311 e. The van der Waals surface area contributed by atoms with Crippen molar-refractivity contribution in [3.63, 3.8) is 0 Å². The molecule has 0 bridgehead atoms. The lowest BCUT2D eigenvalue weighted by atomic mass is 10.1. The van der Waals surface area contributed by atoms with Gasteiger partial charge in [-0.05, 0) is 41.0 Å². The summed E-state index contributed by atoms with van der Waals surface area (Å²) in [5.41, 5.74) is 3.10. The van der Waals surface area contributed by atoms with Crippen molar-refractivity contribution in [2.24, 2.45) is 0 Å². The zero-order valence-corrected chi connectivity index (χ0v) is 16.6. The predicted molar refractivity (Wildman–Crippen MR) is 102 cm³/mol. The summed E-state index contributed by atoms with van der Waals surface area (Å²) in [6, 6.07) is -0.144. The number of rotatable bonds is 8. The zero-order valence-electron chi connectivity index (χ0n) is 16.6. The second kappa shape index (κ2) is 8.29. The van der Waals surface area contributed by atoms with Crippen molar-refractivity contribution in [1.82, 2.24) is 19.6 Å². The zero-order chi connectivity index (χ0) is 19.4. The minimum atomic E-state index is -0.144. The lowest BCUT2D eigenvalue weighted by molar-refractivity contribution is -0.116. The van der Waals surface area contributed by atoms with Crippen LogP contribution in [0.2, 0.25) is 0 Å². The predicted octanol–water partition coefficient (Wildman–Crippen LogP) is 3.60. The Morgan fingerprint density at radius 2 is 1.96 bits per heavy atom. The highest BCUT2D eigenvalue weighted by atomic mass is 16.1. The Bertz CT molecular complexity index is 803. The number of carbonyl (C=O) groups excluding carboxylic acids is 2. The smallest absolute Gasteiger partial charge is 0.227 e. The molecular weight excluding hydrogens is 330 g/mol. The van der Waals surface area contributed by atoms with E-state index in [-0.39, 0.29) is 24.2 Å². The summed E-state index contributed by atoms with van der Waals surface area (Å²) in [6.45, 7) is 12.0. The first-order valence-electron chi connectivity index (χ1n) is 9.15. The van der Waals surface area contributed by atoms with E-state index in [9.17, 15) is 9.59 Å². The molecule has 0 aliphatic heterocycles. The molecule has 1 N–H and O–H groups in total. The Kier molecular flexibility index (Phi) is 6.34. The lowest BCUT2D eigenvalue weighted by Crippen LogP contribution is -2.21. The van der Waals surface area contributed by atoms with Gasteiger partial charge in [-0.3, -0.25) is 14.3 Å². The molecule has 2 aromatic rings. The molecule has 1 amide bonds. The van der Waals surface area contributed by atoms with Crippen LogP contribution in [0, 0.1) is 20.8 Å². The van der Waals surface area contributed by atoms with Crippen LogP contribution in [0.15, 0.2) is 6.20 Å².